The summed E-state index contributed by atoms with van der Waals surface area (Å²) in [6.45, 7) is 3.70. The third-order valence-corrected chi connectivity index (χ3v) is 2.23. The van der Waals surface area contributed by atoms with Crippen molar-refractivity contribution < 1.29 is 4.39 Å². The molecule has 1 aromatic heterocycles. The van der Waals surface area contributed by atoms with Gasteiger partial charge in [0.25, 0.3) is 0 Å². The van der Waals surface area contributed by atoms with Crippen molar-refractivity contribution in [3.8, 4) is 5.69 Å². The van der Waals surface area contributed by atoms with Crippen LogP contribution in [0.25, 0.3) is 5.69 Å². The second-order valence-corrected chi connectivity index (χ2v) is 3.51. The van der Waals surface area contributed by atoms with Gasteiger partial charge in [0.2, 0.25) is 0 Å². The fourth-order valence-corrected chi connectivity index (χ4v) is 1.58. The SMILES string of the molecule is Cc1cn(-c2cc(N)ccc2F)c(C)n1. The number of halogens is 1. The van der Waals surface area contributed by atoms with Crippen LogP contribution < -0.4 is 5.73 Å². The maximum absolute atomic E-state index is 13.5. The molecule has 0 aliphatic rings. The zero-order chi connectivity index (χ0) is 11.0. The molecule has 0 saturated heterocycles. The Hall–Kier alpha value is -1.84. The van der Waals surface area contributed by atoms with Crippen molar-refractivity contribution in [3.05, 3.63) is 41.7 Å². The van der Waals surface area contributed by atoms with Crippen LogP contribution in [0.15, 0.2) is 24.4 Å². The Balaban J connectivity index is 2.62. The standard InChI is InChI=1S/C11H12FN3/c1-7-6-15(8(2)14-7)11-5-9(13)3-4-10(11)12/h3-6H,13H2,1-2H3. The smallest absolute Gasteiger partial charge is 0.147 e. The summed E-state index contributed by atoms with van der Waals surface area (Å²) in [4.78, 5) is 4.21. The largest absolute Gasteiger partial charge is 0.399 e. The predicted octanol–water partition coefficient (Wildman–Crippen LogP) is 2.21. The van der Waals surface area contributed by atoms with Gasteiger partial charge in [-0.15, -0.1) is 0 Å². The van der Waals surface area contributed by atoms with E-state index >= 15 is 0 Å². The molecule has 0 saturated carbocycles. The van der Waals surface area contributed by atoms with Crippen molar-refractivity contribution in [1.82, 2.24) is 9.55 Å². The number of imidazole rings is 1. The summed E-state index contributed by atoms with van der Waals surface area (Å²) in [6, 6.07) is 4.50. The fourth-order valence-electron chi connectivity index (χ4n) is 1.58. The van der Waals surface area contributed by atoms with E-state index in [-0.39, 0.29) is 5.82 Å². The monoisotopic (exact) mass is 205 g/mol. The van der Waals surface area contributed by atoms with Crippen LogP contribution >= 0.6 is 0 Å². The minimum atomic E-state index is -0.301. The van der Waals surface area contributed by atoms with Gasteiger partial charge in [-0.3, -0.25) is 0 Å². The molecular weight excluding hydrogens is 193 g/mol. The molecule has 1 aromatic carbocycles. The Morgan fingerprint density at radius 1 is 1.33 bits per heavy atom. The van der Waals surface area contributed by atoms with Crippen molar-refractivity contribution in [2.45, 2.75) is 13.8 Å². The van der Waals surface area contributed by atoms with E-state index in [1.54, 1.807) is 16.8 Å². The van der Waals surface area contributed by atoms with Gasteiger partial charge in [-0.1, -0.05) is 0 Å². The van der Waals surface area contributed by atoms with E-state index in [4.69, 9.17) is 5.73 Å². The summed E-state index contributed by atoms with van der Waals surface area (Å²) in [7, 11) is 0. The molecule has 0 aliphatic carbocycles. The Bertz CT molecular complexity index is 503. The number of nitrogen functional groups attached to an aromatic ring is 1. The number of hydrogen-bond donors (Lipinski definition) is 1. The van der Waals surface area contributed by atoms with Crippen molar-refractivity contribution in [2.24, 2.45) is 0 Å². The second-order valence-electron chi connectivity index (χ2n) is 3.51. The lowest BCUT2D eigenvalue weighted by Crippen LogP contribution is -2.00. The van der Waals surface area contributed by atoms with E-state index in [0.29, 0.717) is 11.4 Å². The molecule has 0 radical (unpaired) electrons. The Kier molecular flexibility index (Phi) is 2.19. The van der Waals surface area contributed by atoms with E-state index in [2.05, 4.69) is 4.98 Å². The third kappa shape index (κ3) is 1.70. The molecule has 2 rings (SSSR count). The first-order valence-electron chi connectivity index (χ1n) is 4.66. The van der Waals surface area contributed by atoms with Crippen LogP contribution in [0.3, 0.4) is 0 Å². The molecule has 1 heterocycles. The third-order valence-electron chi connectivity index (χ3n) is 2.23. The number of hydrogen-bond acceptors (Lipinski definition) is 2. The maximum atomic E-state index is 13.5. The highest BCUT2D eigenvalue weighted by molar-refractivity contribution is 5.49. The summed E-state index contributed by atoms with van der Waals surface area (Å²) < 4.78 is 15.2. The molecule has 0 spiro atoms. The van der Waals surface area contributed by atoms with Crippen LogP contribution in [0.1, 0.15) is 11.5 Å². The van der Waals surface area contributed by atoms with Crippen molar-refractivity contribution in [2.75, 3.05) is 5.73 Å². The van der Waals surface area contributed by atoms with Crippen LogP contribution in [0.4, 0.5) is 10.1 Å². The molecule has 0 bridgehead atoms. The van der Waals surface area contributed by atoms with Gasteiger partial charge in [0.15, 0.2) is 0 Å². The van der Waals surface area contributed by atoms with Gasteiger partial charge in [0, 0.05) is 11.9 Å². The quantitative estimate of drug-likeness (QED) is 0.725. The van der Waals surface area contributed by atoms with Crippen LogP contribution in [-0.4, -0.2) is 9.55 Å². The Morgan fingerprint density at radius 3 is 2.67 bits per heavy atom. The number of rotatable bonds is 1. The van der Waals surface area contributed by atoms with Gasteiger partial charge in [0.05, 0.1) is 11.4 Å². The minimum Gasteiger partial charge on any atom is -0.399 e. The summed E-state index contributed by atoms with van der Waals surface area (Å²) in [5.41, 5.74) is 7.45. The van der Waals surface area contributed by atoms with Crippen molar-refractivity contribution in [1.29, 1.82) is 0 Å². The molecule has 15 heavy (non-hydrogen) atoms. The highest BCUT2D eigenvalue weighted by Crippen LogP contribution is 2.18. The van der Waals surface area contributed by atoms with E-state index in [9.17, 15) is 4.39 Å². The van der Waals surface area contributed by atoms with Crippen molar-refractivity contribution >= 4 is 5.69 Å². The van der Waals surface area contributed by atoms with Gasteiger partial charge in [0.1, 0.15) is 11.6 Å². The average Bonchev–Trinajstić information content (AvgIpc) is 2.50. The first-order valence-corrected chi connectivity index (χ1v) is 4.66. The van der Waals surface area contributed by atoms with E-state index in [1.165, 1.54) is 12.1 Å². The second kappa shape index (κ2) is 3.38. The van der Waals surface area contributed by atoms with Crippen molar-refractivity contribution in [3.63, 3.8) is 0 Å². The van der Waals surface area contributed by atoms with E-state index < -0.39 is 0 Å². The predicted molar refractivity (Wildman–Crippen MR) is 57.4 cm³/mol. The highest BCUT2D eigenvalue weighted by Gasteiger charge is 2.08. The molecule has 0 fully saturated rings. The maximum Gasteiger partial charge on any atom is 0.147 e. The molecular formula is C11H12FN3. The molecule has 3 nitrogen and oxygen atoms in total. The fraction of sp³-hybridized carbons (Fsp3) is 0.182. The molecule has 78 valence electrons. The minimum absolute atomic E-state index is 0.301. The topological polar surface area (TPSA) is 43.8 Å². The van der Waals surface area contributed by atoms with Gasteiger partial charge in [-0.2, -0.15) is 0 Å². The van der Waals surface area contributed by atoms with Gasteiger partial charge >= 0.3 is 0 Å². The van der Waals surface area contributed by atoms with Crippen LogP contribution in [0.2, 0.25) is 0 Å². The number of nitrogens with zero attached hydrogens (tertiary/aromatic N) is 2. The van der Waals surface area contributed by atoms with Gasteiger partial charge in [-0.05, 0) is 32.0 Å². The normalized spacial score (nSPS) is 10.6. The number of aryl methyl sites for hydroxylation is 2. The molecule has 0 aliphatic heterocycles. The average molecular weight is 205 g/mol. The van der Waals surface area contributed by atoms with Gasteiger partial charge in [-0.25, -0.2) is 9.37 Å². The molecule has 0 amide bonds. The lowest BCUT2D eigenvalue weighted by molar-refractivity contribution is 0.617. The Morgan fingerprint density at radius 2 is 2.07 bits per heavy atom. The molecule has 4 heteroatoms. The molecule has 0 atom stereocenters. The number of anilines is 1. The summed E-state index contributed by atoms with van der Waals surface area (Å²) in [5.74, 6) is 0.446. The zero-order valence-electron chi connectivity index (χ0n) is 8.66. The zero-order valence-corrected chi connectivity index (χ0v) is 8.66. The number of aromatic nitrogens is 2. The van der Waals surface area contributed by atoms with E-state index in [1.807, 2.05) is 13.8 Å². The van der Waals surface area contributed by atoms with Gasteiger partial charge < -0.3 is 10.3 Å². The molecule has 0 unspecified atom stereocenters. The summed E-state index contributed by atoms with van der Waals surface area (Å²) in [5, 5.41) is 0. The lowest BCUT2D eigenvalue weighted by Gasteiger charge is -2.06. The molecule has 2 aromatic rings. The highest BCUT2D eigenvalue weighted by atomic mass is 19.1. The lowest BCUT2D eigenvalue weighted by atomic mass is 10.2. The summed E-state index contributed by atoms with van der Waals surface area (Å²) >= 11 is 0. The molecule has 2 N–H and O–H groups in total. The van der Waals surface area contributed by atoms with Crippen LogP contribution in [0.5, 0.6) is 0 Å². The Labute approximate surface area is 87.4 Å². The number of nitrogens with two attached hydrogens (primary N) is 1. The van der Waals surface area contributed by atoms with Crippen LogP contribution in [-0.2, 0) is 0 Å². The number of benzene rings is 1. The summed E-state index contributed by atoms with van der Waals surface area (Å²) in [6.07, 6.45) is 1.78. The first-order chi connectivity index (χ1) is 7.08. The van der Waals surface area contributed by atoms with E-state index in [0.717, 1.165) is 11.5 Å². The van der Waals surface area contributed by atoms with Crippen LogP contribution in [0, 0.1) is 19.7 Å². The first kappa shape index (κ1) is 9.71.